The number of hydrogen-bond acceptors (Lipinski definition) is 4. The fourth-order valence-corrected chi connectivity index (χ4v) is 4.44. The maximum absolute atomic E-state index is 12.6. The molecule has 1 aromatic heterocycles. The van der Waals surface area contributed by atoms with Crippen LogP contribution in [0.5, 0.6) is 0 Å². The van der Waals surface area contributed by atoms with Crippen molar-refractivity contribution in [3.05, 3.63) is 42.1 Å². The van der Waals surface area contributed by atoms with Crippen LogP contribution in [0.3, 0.4) is 0 Å². The smallest absolute Gasteiger partial charge is 0.410 e. The molecule has 1 aromatic carbocycles. The van der Waals surface area contributed by atoms with Gasteiger partial charge in [0.15, 0.2) is 0 Å². The van der Waals surface area contributed by atoms with Gasteiger partial charge in [0.1, 0.15) is 5.60 Å². The molecule has 0 aliphatic carbocycles. The van der Waals surface area contributed by atoms with Crippen LogP contribution in [0.25, 0.3) is 10.9 Å². The van der Waals surface area contributed by atoms with Crippen LogP contribution in [0.1, 0.15) is 52.0 Å². The molecule has 4 rings (SSSR count). The molecule has 2 saturated heterocycles. The van der Waals surface area contributed by atoms with Crippen molar-refractivity contribution in [3.8, 4) is 0 Å². The van der Waals surface area contributed by atoms with Crippen molar-refractivity contribution < 1.29 is 14.6 Å². The van der Waals surface area contributed by atoms with Gasteiger partial charge in [0.25, 0.3) is 0 Å². The van der Waals surface area contributed by atoms with Crippen molar-refractivity contribution in [1.29, 1.82) is 0 Å². The first kappa shape index (κ1) is 17.3. The molecular weight excluding hydrogens is 328 g/mol. The third-order valence-electron chi connectivity index (χ3n) is 5.51. The average molecular weight is 354 g/mol. The van der Waals surface area contributed by atoms with E-state index in [1.54, 1.807) is 6.20 Å². The predicted molar refractivity (Wildman–Crippen MR) is 99.8 cm³/mol. The Bertz CT molecular complexity index is 829. The molecule has 0 spiro atoms. The molecule has 2 aromatic rings. The van der Waals surface area contributed by atoms with Gasteiger partial charge >= 0.3 is 6.09 Å². The number of ether oxygens (including phenoxy) is 1. The van der Waals surface area contributed by atoms with E-state index in [-0.39, 0.29) is 18.2 Å². The van der Waals surface area contributed by atoms with Gasteiger partial charge in [0.2, 0.25) is 0 Å². The summed E-state index contributed by atoms with van der Waals surface area (Å²) >= 11 is 0. The first-order chi connectivity index (χ1) is 12.3. The van der Waals surface area contributed by atoms with Crippen molar-refractivity contribution in [3.63, 3.8) is 0 Å². The molecule has 2 unspecified atom stereocenters. The Morgan fingerprint density at radius 3 is 2.58 bits per heavy atom. The van der Waals surface area contributed by atoms with E-state index in [1.807, 2.05) is 56.0 Å². The molecule has 0 saturated carbocycles. The summed E-state index contributed by atoms with van der Waals surface area (Å²) in [5.74, 6) is 0. The molecule has 3 heterocycles. The van der Waals surface area contributed by atoms with Crippen LogP contribution in [0.2, 0.25) is 0 Å². The zero-order chi connectivity index (χ0) is 18.5. The van der Waals surface area contributed by atoms with E-state index in [9.17, 15) is 9.90 Å². The van der Waals surface area contributed by atoms with Crippen LogP contribution < -0.4 is 0 Å². The van der Waals surface area contributed by atoms with Gasteiger partial charge < -0.3 is 14.7 Å². The Balaban J connectivity index is 1.59. The minimum absolute atomic E-state index is 0.0261. The van der Waals surface area contributed by atoms with E-state index in [4.69, 9.17) is 4.74 Å². The van der Waals surface area contributed by atoms with Gasteiger partial charge in [-0.05, 0) is 57.4 Å². The van der Waals surface area contributed by atoms with Crippen LogP contribution in [0, 0.1) is 0 Å². The van der Waals surface area contributed by atoms with E-state index < -0.39 is 11.2 Å². The number of amides is 1. The molecular formula is C21H26N2O3. The molecule has 5 heteroatoms. The van der Waals surface area contributed by atoms with Crippen LogP contribution >= 0.6 is 0 Å². The second-order valence-electron chi connectivity index (χ2n) is 8.62. The lowest BCUT2D eigenvalue weighted by molar-refractivity contribution is -0.0623. The van der Waals surface area contributed by atoms with Gasteiger partial charge in [0, 0.05) is 36.5 Å². The first-order valence-corrected chi connectivity index (χ1v) is 9.34. The van der Waals surface area contributed by atoms with E-state index in [0.29, 0.717) is 12.8 Å². The molecule has 2 fully saturated rings. The predicted octanol–water partition coefficient (Wildman–Crippen LogP) is 3.98. The molecule has 2 aliphatic rings. The lowest BCUT2D eigenvalue weighted by atomic mass is 9.80. The van der Waals surface area contributed by atoms with E-state index in [1.165, 1.54) is 0 Å². The SMILES string of the molecule is CC(C)(C)OC(=O)N1C2CCC1CC(O)(c1ccc3ncccc3c1)C2. The topological polar surface area (TPSA) is 62.7 Å². The Morgan fingerprint density at radius 2 is 1.92 bits per heavy atom. The van der Waals surface area contributed by atoms with Gasteiger partial charge in [-0.1, -0.05) is 12.1 Å². The number of aliphatic hydroxyl groups is 1. The highest BCUT2D eigenvalue weighted by molar-refractivity contribution is 5.79. The van der Waals surface area contributed by atoms with Gasteiger partial charge in [0.05, 0.1) is 11.1 Å². The maximum atomic E-state index is 12.6. The molecule has 1 amide bonds. The second-order valence-corrected chi connectivity index (χ2v) is 8.62. The number of benzene rings is 1. The van der Waals surface area contributed by atoms with Crippen molar-refractivity contribution in [1.82, 2.24) is 9.88 Å². The lowest BCUT2D eigenvalue weighted by Gasteiger charge is -2.44. The summed E-state index contributed by atoms with van der Waals surface area (Å²) in [5.41, 5.74) is 0.428. The quantitative estimate of drug-likeness (QED) is 0.841. The minimum atomic E-state index is -0.908. The number of pyridine rings is 1. The van der Waals surface area contributed by atoms with Gasteiger partial charge in [-0.2, -0.15) is 0 Å². The summed E-state index contributed by atoms with van der Waals surface area (Å²) < 4.78 is 5.59. The number of aromatic nitrogens is 1. The van der Waals surface area contributed by atoms with Crippen LogP contribution in [0.4, 0.5) is 4.79 Å². The number of hydrogen-bond donors (Lipinski definition) is 1. The molecule has 138 valence electrons. The maximum Gasteiger partial charge on any atom is 0.410 e. The number of rotatable bonds is 1. The van der Waals surface area contributed by atoms with Crippen molar-refractivity contribution in [2.24, 2.45) is 0 Å². The standard InChI is InChI=1S/C21H26N2O3/c1-20(2,3)26-19(24)23-16-7-8-17(23)13-21(25,12-16)15-6-9-18-14(11-15)5-4-10-22-18/h4-6,9-11,16-17,25H,7-8,12-13H2,1-3H3. The summed E-state index contributed by atoms with van der Waals surface area (Å²) in [6.07, 6.45) is 4.46. The van der Waals surface area contributed by atoms with Gasteiger partial charge in [-0.15, -0.1) is 0 Å². The first-order valence-electron chi connectivity index (χ1n) is 9.34. The van der Waals surface area contributed by atoms with Crippen LogP contribution in [-0.4, -0.2) is 38.8 Å². The monoisotopic (exact) mass is 354 g/mol. The van der Waals surface area contributed by atoms with Crippen LogP contribution in [0.15, 0.2) is 36.5 Å². The number of carbonyl (C=O) groups excluding carboxylic acids is 1. The Hall–Kier alpha value is -2.14. The molecule has 26 heavy (non-hydrogen) atoms. The van der Waals surface area contributed by atoms with Crippen molar-refractivity contribution in [2.45, 2.75) is 69.7 Å². The molecule has 1 N–H and O–H groups in total. The van der Waals surface area contributed by atoms with Gasteiger partial charge in [-0.25, -0.2) is 4.79 Å². The highest BCUT2D eigenvalue weighted by Crippen LogP contribution is 2.46. The minimum Gasteiger partial charge on any atom is -0.444 e. The molecule has 0 radical (unpaired) electrons. The normalized spacial score (nSPS) is 28.4. The molecule has 2 aliphatic heterocycles. The lowest BCUT2D eigenvalue weighted by Crippen LogP contribution is -2.53. The highest BCUT2D eigenvalue weighted by atomic mass is 16.6. The fraction of sp³-hybridized carbons (Fsp3) is 0.524. The van der Waals surface area contributed by atoms with E-state index in [2.05, 4.69) is 4.98 Å². The molecule has 5 nitrogen and oxygen atoms in total. The zero-order valence-corrected chi connectivity index (χ0v) is 15.6. The largest absolute Gasteiger partial charge is 0.444 e. The summed E-state index contributed by atoms with van der Waals surface area (Å²) in [5, 5.41) is 12.4. The molecule has 2 bridgehead atoms. The number of carbonyl (C=O) groups is 1. The Kier molecular flexibility index (Phi) is 3.95. The number of nitrogens with zero attached hydrogens (tertiary/aromatic N) is 2. The van der Waals surface area contributed by atoms with E-state index >= 15 is 0 Å². The van der Waals surface area contributed by atoms with Crippen LogP contribution in [-0.2, 0) is 10.3 Å². The summed E-state index contributed by atoms with van der Waals surface area (Å²) in [4.78, 5) is 18.8. The number of piperidine rings is 1. The third kappa shape index (κ3) is 3.05. The summed E-state index contributed by atoms with van der Waals surface area (Å²) in [6, 6.07) is 9.94. The summed E-state index contributed by atoms with van der Waals surface area (Å²) in [7, 11) is 0. The summed E-state index contributed by atoms with van der Waals surface area (Å²) in [6.45, 7) is 5.66. The Morgan fingerprint density at radius 1 is 1.23 bits per heavy atom. The second kappa shape index (κ2) is 5.95. The molecule has 2 atom stereocenters. The van der Waals surface area contributed by atoms with Crippen molar-refractivity contribution in [2.75, 3.05) is 0 Å². The van der Waals surface area contributed by atoms with E-state index in [0.717, 1.165) is 29.3 Å². The fourth-order valence-electron chi connectivity index (χ4n) is 4.44. The third-order valence-corrected chi connectivity index (χ3v) is 5.51. The zero-order valence-electron chi connectivity index (χ0n) is 15.6. The number of fused-ring (bicyclic) bond motifs is 3. The highest BCUT2D eigenvalue weighted by Gasteiger charge is 2.51. The average Bonchev–Trinajstić information content (AvgIpc) is 2.85. The Labute approximate surface area is 154 Å². The van der Waals surface area contributed by atoms with Gasteiger partial charge in [-0.3, -0.25) is 4.98 Å². The van der Waals surface area contributed by atoms with Crippen molar-refractivity contribution >= 4 is 17.0 Å².